The average molecular weight is 297 g/mol. The van der Waals surface area contributed by atoms with Crippen LogP contribution in [0.1, 0.15) is 46.5 Å². The Bertz CT molecular complexity index is 449. The molecule has 2 aliphatic rings. The first-order valence-electron chi connectivity index (χ1n) is 7.37. The quantitative estimate of drug-likeness (QED) is 0.746. The van der Waals surface area contributed by atoms with Gasteiger partial charge in [0.2, 0.25) is 5.91 Å². The van der Waals surface area contributed by atoms with E-state index in [9.17, 15) is 14.4 Å². The average Bonchev–Trinajstić information content (AvgIpc) is 3.11. The molecule has 2 rings (SSSR count). The summed E-state index contributed by atoms with van der Waals surface area (Å²) in [6.07, 6.45) is 2.56. The van der Waals surface area contributed by atoms with Crippen molar-refractivity contribution < 1.29 is 23.9 Å². The summed E-state index contributed by atoms with van der Waals surface area (Å²) >= 11 is 0. The van der Waals surface area contributed by atoms with Crippen molar-refractivity contribution in [2.75, 3.05) is 7.11 Å². The maximum atomic E-state index is 12.4. The Labute approximate surface area is 124 Å². The van der Waals surface area contributed by atoms with Crippen molar-refractivity contribution in [1.82, 2.24) is 4.90 Å². The molecule has 2 atom stereocenters. The lowest BCUT2D eigenvalue weighted by Crippen LogP contribution is -2.46. The van der Waals surface area contributed by atoms with Crippen molar-refractivity contribution in [3.05, 3.63) is 0 Å². The molecule has 0 bridgehead atoms. The zero-order valence-corrected chi connectivity index (χ0v) is 13.0. The minimum atomic E-state index is -0.860. The van der Waals surface area contributed by atoms with Crippen molar-refractivity contribution in [2.45, 2.75) is 58.1 Å². The molecule has 21 heavy (non-hydrogen) atoms. The van der Waals surface area contributed by atoms with Gasteiger partial charge in [0.05, 0.1) is 7.11 Å². The van der Waals surface area contributed by atoms with Crippen LogP contribution in [0.4, 0.5) is 4.79 Å². The van der Waals surface area contributed by atoms with Gasteiger partial charge in [0.15, 0.2) is 0 Å². The molecule has 6 heteroatoms. The normalized spacial score (nSPS) is 25.9. The molecule has 1 saturated heterocycles. The highest BCUT2D eigenvalue weighted by atomic mass is 16.6. The maximum absolute atomic E-state index is 12.4. The van der Waals surface area contributed by atoms with Crippen molar-refractivity contribution in [1.29, 1.82) is 0 Å². The number of rotatable bonds is 3. The molecule has 1 aliphatic heterocycles. The molecule has 0 spiro atoms. The van der Waals surface area contributed by atoms with Crippen LogP contribution >= 0.6 is 0 Å². The van der Waals surface area contributed by atoms with Crippen LogP contribution in [-0.4, -0.2) is 41.6 Å². The summed E-state index contributed by atoms with van der Waals surface area (Å²) in [5.74, 6) is -0.607. The number of amides is 2. The number of carbonyl (C=O) groups excluding carboxylic acids is 3. The third-order valence-corrected chi connectivity index (χ3v) is 3.78. The van der Waals surface area contributed by atoms with E-state index in [0.29, 0.717) is 12.3 Å². The Hall–Kier alpha value is -1.59. The SMILES string of the molecule is COC(=O)[C@@H]1CC(CC2CC2)C(=O)N1C(=O)OC(C)(C)C. The summed E-state index contributed by atoms with van der Waals surface area (Å²) < 4.78 is 9.97. The summed E-state index contributed by atoms with van der Waals surface area (Å²) in [4.78, 5) is 37.5. The van der Waals surface area contributed by atoms with E-state index >= 15 is 0 Å². The summed E-state index contributed by atoms with van der Waals surface area (Å²) in [5.41, 5.74) is -0.716. The first-order valence-corrected chi connectivity index (χ1v) is 7.37. The number of carbonyl (C=O) groups is 3. The topological polar surface area (TPSA) is 72.9 Å². The number of esters is 1. The minimum Gasteiger partial charge on any atom is -0.467 e. The Morgan fingerprint density at radius 3 is 2.38 bits per heavy atom. The molecule has 1 saturated carbocycles. The van der Waals surface area contributed by atoms with Crippen LogP contribution in [0.5, 0.6) is 0 Å². The monoisotopic (exact) mass is 297 g/mol. The number of ether oxygens (including phenoxy) is 2. The van der Waals surface area contributed by atoms with E-state index in [2.05, 4.69) is 0 Å². The van der Waals surface area contributed by atoms with Gasteiger partial charge in [-0.15, -0.1) is 0 Å². The summed E-state index contributed by atoms with van der Waals surface area (Å²) in [6.45, 7) is 5.17. The van der Waals surface area contributed by atoms with E-state index in [-0.39, 0.29) is 11.8 Å². The highest BCUT2D eigenvalue weighted by Crippen LogP contribution is 2.40. The molecule has 0 N–H and O–H groups in total. The molecule has 6 nitrogen and oxygen atoms in total. The van der Waals surface area contributed by atoms with Crippen molar-refractivity contribution in [3.63, 3.8) is 0 Å². The first-order chi connectivity index (χ1) is 9.73. The number of hydrogen-bond donors (Lipinski definition) is 0. The highest BCUT2D eigenvalue weighted by Gasteiger charge is 2.49. The molecule has 1 heterocycles. The van der Waals surface area contributed by atoms with Crippen LogP contribution < -0.4 is 0 Å². The molecular formula is C15H23NO5. The molecule has 0 aromatic rings. The summed E-state index contributed by atoms with van der Waals surface area (Å²) in [6, 6.07) is -0.860. The predicted molar refractivity (Wildman–Crippen MR) is 74.3 cm³/mol. The lowest BCUT2D eigenvalue weighted by atomic mass is 9.98. The second-order valence-corrected chi connectivity index (χ2v) is 6.84. The molecule has 118 valence electrons. The summed E-state index contributed by atoms with van der Waals surface area (Å²) in [7, 11) is 1.26. The van der Waals surface area contributed by atoms with E-state index in [1.165, 1.54) is 7.11 Å². The lowest BCUT2D eigenvalue weighted by molar-refractivity contribution is -0.148. The number of imide groups is 1. The van der Waals surface area contributed by atoms with Gasteiger partial charge in [0.25, 0.3) is 0 Å². The van der Waals surface area contributed by atoms with Crippen molar-refractivity contribution in [2.24, 2.45) is 11.8 Å². The fraction of sp³-hybridized carbons (Fsp3) is 0.800. The van der Waals surface area contributed by atoms with Crippen LogP contribution in [0.25, 0.3) is 0 Å². The molecule has 0 aromatic heterocycles. The smallest absolute Gasteiger partial charge is 0.417 e. The Kier molecular flexibility index (Phi) is 4.25. The van der Waals surface area contributed by atoms with Crippen LogP contribution in [0, 0.1) is 11.8 Å². The fourth-order valence-electron chi connectivity index (χ4n) is 2.64. The largest absolute Gasteiger partial charge is 0.467 e. The molecule has 2 fully saturated rings. The first kappa shape index (κ1) is 15.8. The lowest BCUT2D eigenvalue weighted by Gasteiger charge is -2.26. The van der Waals surface area contributed by atoms with E-state index in [1.807, 2.05) is 0 Å². The van der Waals surface area contributed by atoms with Crippen molar-refractivity contribution in [3.8, 4) is 0 Å². The fourth-order valence-corrected chi connectivity index (χ4v) is 2.64. The zero-order valence-electron chi connectivity index (χ0n) is 13.0. The summed E-state index contributed by atoms with van der Waals surface area (Å²) in [5, 5.41) is 0. The van der Waals surface area contributed by atoms with Crippen molar-refractivity contribution >= 4 is 18.0 Å². The van der Waals surface area contributed by atoms with Crippen LogP contribution in [-0.2, 0) is 19.1 Å². The number of hydrogen-bond acceptors (Lipinski definition) is 5. The van der Waals surface area contributed by atoms with Gasteiger partial charge in [-0.2, -0.15) is 0 Å². The Balaban J connectivity index is 2.14. The highest BCUT2D eigenvalue weighted by molar-refractivity contribution is 6.00. The van der Waals surface area contributed by atoms with E-state index in [4.69, 9.17) is 9.47 Å². The van der Waals surface area contributed by atoms with Gasteiger partial charge in [-0.25, -0.2) is 14.5 Å². The molecule has 0 aromatic carbocycles. The second-order valence-electron chi connectivity index (χ2n) is 6.84. The number of nitrogens with zero attached hydrogens (tertiary/aromatic N) is 1. The van der Waals surface area contributed by atoms with Gasteiger partial charge in [-0.1, -0.05) is 12.8 Å². The molecular weight excluding hydrogens is 274 g/mol. The van der Waals surface area contributed by atoms with Crippen LogP contribution in [0.3, 0.4) is 0 Å². The van der Waals surface area contributed by atoms with Gasteiger partial charge < -0.3 is 9.47 Å². The zero-order chi connectivity index (χ0) is 15.8. The van der Waals surface area contributed by atoms with Gasteiger partial charge >= 0.3 is 12.1 Å². The van der Waals surface area contributed by atoms with E-state index < -0.39 is 23.7 Å². The molecule has 1 unspecified atom stereocenters. The molecule has 0 radical (unpaired) electrons. The van der Waals surface area contributed by atoms with E-state index in [1.54, 1.807) is 20.8 Å². The predicted octanol–water partition coefficient (Wildman–Crippen LogP) is 2.11. The second kappa shape index (κ2) is 5.66. The van der Waals surface area contributed by atoms with Crippen LogP contribution in [0.15, 0.2) is 0 Å². The standard InChI is InChI=1S/C15H23NO5/c1-15(2,3)21-14(19)16-11(13(18)20-4)8-10(12(16)17)7-9-5-6-9/h9-11H,5-8H2,1-4H3/t10?,11-/m0/s1. The van der Waals surface area contributed by atoms with Gasteiger partial charge in [0.1, 0.15) is 11.6 Å². The van der Waals surface area contributed by atoms with Gasteiger partial charge in [0, 0.05) is 5.92 Å². The van der Waals surface area contributed by atoms with Gasteiger partial charge in [-0.05, 0) is 39.5 Å². The third kappa shape index (κ3) is 3.74. The number of likely N-dealkylation sites (tertiary alicyclic amines) is 1. The van der Waals surface area contributed by atoms with Crippen LogP contribution in [0.2, 0.25) is 0 Å². The molecule has 1 aliphatic carbocycles. The Morgan fingerprint density at radius 1 is 1.29 bits per heavy atom. The minimum absolute atomic E-state index is 0.283. The Morgan fingerprint density at radius 2 is 1.90 bits per heavy atom. The number of methoxy groups -OCH3 is 1. The van der Waals surface area contributed by atoms with E-state index in [0.717, 1.165) is 24.2 Å². The molecule has 2 amide bonds. The van der Waals surface area contributed by atoms with Gasteiger partial charge in [-0.3, -0.25) is 4.79 Å². The maximum Gasteiger partial charge on any atom is 0.417 e. The third-order valence-electron chi connectivity index (χ3n) is 3.78.